The molecule has 0 bridgehead atoms. The number of fused-ring (bicyclic) bond motifs is 1. The number of ether oxygens (including phenoxy) is 1. The van der Waals surface area contributed by atoms with Gasteiger partial charge in [0.05, 0.1) is 11.3 Å². The van der Waals surface area contributed by atoms with Gasteiger partial charge in [-0.3, -0.25) is 10.1 Å². The molecule has 10 nitrogen and oxygen atoms in total. The minimum atomic E-state index is -3.48. The molecular weight excluding hydrogens is 328 g/mol. The van der Waals surface area contributed by atoms with Crippen molar-refractivity contribution in [2.24, 2.45) is 10.1 Å². The first kappa shape index (κ1) is 16.7. The van der Waals surface area contributed by atoms with Crippen LogP contribution in [-0.2, 0) is 24.3 Å². The van der Waals surface area contributed by atoms with E-state index in [-0.39, 0.29) is 23.7 Å². The van der Waals surface area contributed by atoms with E-state index < -0.39 is 34.0 Å². The zero-order valence-corrected chi connectivity index (χ0v) is 12.9. The number of esters is 1. The van der Waals surface area contributed by atoms with E-state index in [4.69, 9.17) is 10.5 Å². The number of carbonyl (C=O) groups excluding carboxylic acids is 3. The fraction of sp³-hybridized carbons (Fsp3) is 0.333. The van der Waals surface area contributed by atoms with Crippen molar-refractivity contribution in [2.45, 2.75) is 13.0 Å². The standard InChI is InChI=1S/C12H14N4O6S/c1-7(10(17)14-12(13)19)22-11(18)8-2-3-9-15-23(20,21)5-4-16(9)6-8/h2-3,6-7H,4-5H2,1H3,(H3,13,14,17,19). The van der Waals surface area contributed by atoms with E-state index in [1.54, 1.807) is 5.32 Å². The van der Waals surface area contributed by atoms with Crippen LogP contribution >= 0.6 is 0 Å². The lowest BCUT2D eigenvalue weighted by molar-refractivity contribution is -0.150. The van der Waals surface area contributed by atoms with Crippen LogP contribution in [0.25, 0.3) is 0 Å². The van der Waals surface area contributed by atoms with Crippen molar-refractivity contribution in [3.05, 3.63) is 23.9 Å². The molecule has 0 spiro atoms. The number of nitrogens with one attached hydrogen (secondary N) is 1. The number of nitrogens with zero attached hydrogens (tertiary/aromatic N) is 2. The van der Waals surface area contributed by atoms with Crippen molar-refractivity contribution < 1.29 is 27.5 Å². The first-order valence-corrected chi connectivity index (χ1v) is 8.09. The molecule has 23 heavy (non-hydrogen) atoms. The normalized spacial score (nSPS) is 19.8. The van der Waals surface area contributed by atoms with Gasteiger partial charge in [-0.25, -0.2) is 18.0 Å². The van der Waals surface area contributed by atoms with E-state index in [0.717, 1.165) is 0 Å². The minimum absolute atomic E-state index is 0.113. The summed E-state index contributed by atoms with van der Waals surface area (Å²) in [7, 11) is -3.48. The third kappa shape index (κ3) is 4.16. The van der Waals surface area contributed by atoms with Crippen LogP contribution in [0.5, 0.6) is 0 Å². The Hall–Kier alpha value is -2.69. The molecule has 2 rings (SSSR count). The number of carbonyl (C=O) groups is 3. The highest BCUT2D eigenvalue weighted by atomic mass is 32.2. The fourth-order valence-electron chi connectivity index (χ4n) is 1.83. The maximum Gasteiger partial charge on any atom is 0.340 e. The van der Waals surface area contributed by atoms with E-state index in [1.165, 1.54) is 30.2 Å². The lowest BCUT2D eigenvalue weighted by Crippen LogP contribution is -2.42. The van der Waals surface area contributed by atoms with Gasteiger partial charge in [0.2, 0.25) is 0 Å². The van der Waals surface area contributed by atoms with Gasteiger partial charge in [0.25, 0.3) is 15.9 Å². The number of rotatable bonds is 3. The summed E-state index contributed by atoms with van der Waals surface area (Å²) in [6, 6.07) is -1.05. The summed E-state index contributed by atoms with van der Waals surface area (Å²) in [6.07, 6.45) is 2.86. The van der Waals surface area contributed by atoms with E-state index in [2.05, 4.69) is 4.40 Å². The summed E-state index contributed by atoms with van der Waals surface area (Å²) in [5.41, 5.74) is 4.91. The van der Waals surface area contributed by atoms with Crippen LogP contribution in [0, 0.1) is 0 Å². The Balaban J connectivity index is 2.05. The van der Waals surface area contributed by atoms with Crippen LogP contribution in [0.2, 0.25) is 0 Å². The van der Waals surface area contributed by atoms with Crippen LogP contribution < -0.4 is 11.1 Å². The molecule has 2 aliphatic rings. The molecule has 0 fully saturated rings. The molecule has 0 saturated heterocycles. The van der Waals surface area contributed by atoms with Crippen molar-refractivity contribution in [1.29, 1.82) is 0 Å². The smallest absolute Gasteiger partial charge is 0.340 e. The Labute approximate surface area is 131 Å². The van der Waals surface area contributed by atoms with Gasteiger partial charge in [-0.1, -0.05) is 0 Å². The van der Waals surface area contributed by atoms with Crippen LogP contribution in [-0.4, -0.2) is 55.5 Å². The molecule has 124 valence electrons. The molecule has 2 heterocycles. The molecular formula is C12H14N4O6S. The molecule has 11 heteroatoms. The molecule has 3 amide bonds. The van der Waals surface area contributed by atoms with Gasteiger partial charge in [-0.15, -0.1) is 4.40 Å². The van der Waals surface area contributed by atoms with E-state index >= 15 is 0 Å². The molecule has 0 aliphatic carbocycles. The first-order chi connectivity index (χ1) is 10.7. The van der Waals surface area contributed by atoms with Crippen LogP contribution in [0.15, 0.2) is 28.3 Å². The van der Waals surface area contributed by atoms with Crippen molar-refractivity contribution in [3.63, 3.8) is 0 Å². The van der Waals surface area contributed by atoms with Gasteiger partial charge in [-0.2, -0.15) is 0 Å². The largest absolute Gasteiger partial charge is 0.449 e. The first-order valence-electron chi connectivity index (χ1n) is 6.48. The summed E-state index contributed by atoms with van der Waals surface area (Å²) < 4.78 is 31.3. The Morgan fingerprint density at radius 1 is 1.39 bits per heavy atom. The molecule has 0 aromatic rings. The van der Waals surface area contributed by atoms with E-state index in [0.29, 0.717) is 0 Å². The van der Waals surface area contributed by atoms with Gasteiger partial charge < -0.3 is 15.4 Å². The molecule has 0 radical (unpaired) electrons. The highest BCUT2D eigenvalue weighted by Gasteiger charge is 2.27. The summed E-state index contributed by atoms with van der Waals surface area (Å²) in [4.78, 5) is 35.5. The number of primary amides is 1. The summed E-state index contributed by atoms with van der Waals surface area (Å²) in [5, 5.41) is 1.79. The maximum atomic E-state index is 12.0. The van der Waals surface area contributed by atoms with E-state index in [9.17, 15) is 22.8 Å². The predicted molar refractivity (Wildman–Crippen MR) is 78.4 cm³/mol. The number of hydrogen-bond acceptors (Lipinski definition) is 7. The average Bonchev–Trinajstić information content (AvgIpc) is 2.44. The molecule has 1 atom stereocenters. The van der Waals surface area contributed by atoms with Gasteiger partial charge in [0.15, 0.2) is 6.10 Å². The predicted octanol–water partition coefficient (Wildman–Crippen LogP) is -1.39. The van der Waals surface area contributed by atoms with Crippen molar-refractivity contribution in [1.82, 2.24) is 10.2 Å². The van der Waals surface area contributed by atoms with Gasteiger partial charge in [0, 0.05) is 12.7 Å². The number of hydrogen-bond donors (Lipinski definition) is 2. The Kier molecular flexibility index (Phi) is 4.50. The number of amides is 3. The Bertz CT molecular complexity index is 752. The number of urea groups is 1. The highest BCUT2D eigenvalue weighted by Crippen LogP contribution is 2.17. The summed E-state index contributed by atoms with van der Waals surface area (Å²) in [6.45, 7) is 1.43. The topological polar surface area (TPSA) is 148 Å². The lowest BCUT2D eigenvalue weighted by atomic mass is 10.2. The van der Waals surface area contributed by atoms with Crippen LogP contribution in [0.1, 0.15) is 6.92 Å². The minimum Gasteiger partial charge on any atom is -0.449 e. The molecule has 0 aromatic carbocycles. The highest BCUT2D eigenvalue weighted by molar-refractivity contribution is 7.90. The quantitative estimate of drug-likeness (QED) is 0.600. The second-order valence-corrected chi connectivity index (χ2v) is 6.50. The van der Waals surface area contributed by atoms with Crippen molar-refractivity contribution in [2.75, 3.05) is 12.3 Å². The number of sulfonamides is 1. The molecule has 0 saturated carbocycles. The zero-order valence-electron chi connectivity index (χ0n) is 12.1. The van der Waals surface area contributed by atoms with Crippen LogP contribution in [0.4, 0.5) is 4.79 Å². The number of amidine groups is 1. The third-order valence-corrected chi connectivity index (χ3v) is 4.12. The van der Waals surface area contributed by atoms with E-state index in [1.807, 2.05) is 0 Å². The average molecular weight is 342 g/mol. The summed E-state index contributed by atoms with van der Waals surface area (Å²) >= 11 is 0. The molecule has 1 unspecified atom stereocenters. The Morgan fingerprint density at radius 2 is 2.09 bits per heavy atom. The SMILES string of the molecule is CC(OC(=O)C1=CN2CCS(=O)(=O)N=C2C=C1)C(=O)NC(N)=O. The summed E-state index contributed by atoms with van der Waals surface area (Å²) in [5.74, 6) is -1.62. The van der Waals surface area contributed by atoms with Crippen molar-refractivity contribution >= 4 is 33.8 Å². The molecule has 3 N–H and O–H groups in total. The number of imide groups is 1. The van der Waals surface area contributed by atoms with Crippen LogP contribution in [0.3, 0.4) is 0 Å². The second-order valence-electron chi connectivity index (χ2n) is 4.75. The molecule has 2 aliphatic heterocycles. The Morgan fingerprint density at radius 3 is 2.74 bits per heavy atom. The van der Waals surface area contributed by atoms with Gasteiger partial charge >= 0.3 is 12.0 Å². The zero-order chi connectivity index (χ0) is 17.2. The maximum absolute atomic E-state index is 12.0. The number of nitrogens with two attached hydrogens (primary N) is 1. The monoisotopic (exact) mass is 342 g/mol. The second kappa shape index (κ2) is 6.20. The third-order valence-electron chi connectivity index (χ3n) is 2.96. The van der Waals surface area contributed by atoms with Gasteiger partial charge in [-0.05, 0) is 19.1 Å². The lowest BCUT2D eigenvalue weighted by Gasteiger charge is -2.27. The van der Waals surface area contributed by atoms with Crippen molar-refractivity contribution in [3.8, 4) is 0 Å². The van der Waals surface area contributed by atoms with Gasteiger partial charge in [0.1, 0.15) is 5.84 Å². The molecule has 0 aromatic heterocycles. The fourth-order valence-corrected chi connectivity index (χ4v) is 2.80.